The van der Waals surface area contributed by atoms with Crippen LogP contribution in [0, 0.1) is 6.92 Å². The largest absolute Gasteiger partial charge is 0.330 e. The molecule has 1 aromatic carbocycles. The molecule has 19 heavy (non-hydrogen) atoms. The topological polar surface area (TPSA) is 49.6 Å². The van der Waals surface area contributed by atoms with Gasteiger partial charge in [0.15, 0.2) is 0 Å². The van der Waals surface area contributed by atoms with Crippen molar-refractivity contribution in [2.45, 2.75) is 19.4 Å². The van der Waals surface area contributed by atoms with Gasteiger partial charge in [-0.05, 0) is 50.7 Å². The molecule has 104 valence electrons. The van der Waals surface area contributed by atoms with Gasteiger partial charge in [-0.3, -0.25) is 9.69 Å². The Hall–Kier alpha value is -0.910. The molecule has 1 aliphatic rings. The highest BCUT2D eigenvalue weighted by Crippen LogP contribution is 2.25. The molecule has 1 aromatic rings. The Morgan fingerprint density at radius 3 is 2.79 bits per heavy atom. The lowest BCUT2D eigenvalue weighted by molar-refractivity contribution is -0.125. The molecule has 1 amide bonds. The molecule has 0 radical (unpaired) electrons. The maximum absolute atomic E-state index is 12.5. The molecule has 2 N–H and O–H groups in total. The minimum atomic E-state index is -0.0947. The molecule has 1 saturated heterocycles. The van der Waals surface area contributed by atoms with Crippen molar-refractivity contribution in [1.82, 2.24) is 4.90 Å². The number of hydrogen-bond acceptors (Lipinski definition) is 3. The molecule has 1 atom stereocenters. The van der Waals surface area contributed by atoms with Crippen LogP contribution in [0.25, 0.3) is 0 Å². The van der Waals surface area contributed by atoms with Gasteiger partial charge in [-0.2, -0.15) is 0 Å². The first kappa shape index (κ1) is 14.5. The number of likely N-dealkylation sites (N-methyl/N-ethyl adjacent to an activating group) is 1. The molecule has 1 fully saturated rings. The van der Waals surface area contributed by atoms with Gasteiger partial charge >= 0.3 is 0 Å². The lowest BCUT2D eigenvalue weighted by Crippen LogP contribution is -2.56. The second-order valence-corrected chi connectivity index (χ2v) is 5.85. The normalized spacial score (nSPS) is 20.9. The summed E-state index contributed by atoms with van der Waals surface area (Å²) in [7, 11) is 1.99. The van der Waals surface area contributed by atoms with Crippen molar-refractivity contribution < 1.29 is 4.79 Å². The third kappa shape index (κ3) is 2.99. The number of benzene rings is 1. The van der Waals surface area contributed by atoms with Gasteiger partial charge in [-0.15, -0.1) is 0 Å². The van der Waals surface area contributed by atoms with Crippen LogP contribution < -0.4 is 10.6 Å². The monoisotopic (exact) mass is 325 g/mol. The van der Waals surface area contributed by atoms with E-state index in [1.807, 2.05) is 37.1 Å². The van der Waals surface area contributed by atoms with Crippen LogP contribution in [0.15, 0.2) is 22.7 Å². The first-order valence-corrected chi connectivity index (χ1v) is 7.31. The molecular weight excluding hydrogens is 306 g/mol. The van der Waals surface area contributed by atoms with Gasteiger partial charge in [0, 0.05) is 23.2 Å². The first-order chi connectivity index (χ1) is 9.04. The summed E-state index contributed by atoms with van der Waals surface area (Å²) in [6.45, 7) is 4.18. The van der Waals surface area contributed by atoms with Gasteiger partial charge < -0.3 is 10.6 Å². The summed E-state index contributed by atoms with van der Waals surface area (Å²) in [6, 6.07) is 5.93. The van der Waals surface area contributed by atoms with Crippen LogP contribution in [-0.4, -0.2) is 43.5 Å². The molecule has 1 heterocycles. The summed E-state index contributed by atoms with van der Waals surface area (Å²) in [5.74, 6) is 0.154. The van der Waals surface area contributed by atoms with Crippen molar-refractivity contribution in [3.8, 4) is 0 Å². The van der Waals surface area contributed by atoms with E-state index in [2.05, 4.69) is 20.8 Å². The molecule has 0 saturated carbocycles. The third-order valence-corrected chi connectivity index (χ3v) is 4.54. The van der Waals surface area contributed by atoms with E-state index in [1.165, 1.54) is 0 Å². The summed E-state index contributed by atoms with van der Waals surface area (Å²) < 4.78 is 1.07. The van der Waals surface area contributed by atoms with Crippen molar-refractivity contribution in [3.63, 3.8) is 0 Å². The number of piperazine rings is 1. The summed E-state index contributed by atoms with van der Waals surface area (Å²) in [5.41, 5.74) is 7.72. The average Bonchev–Trinajstić information content (AvgIpc) is 2.38. The molecule has 1 unspecified atom stereocenters. The fraction of sp³-hybridized carbons (Fsp3) is 0.500. The number of amides is 1. The van der Waals surface area contributed by atoms with Crippen molar-refractivity contribution in [2.24, 2.45) is 5.73 Å². The van der Waals surface area contributed by atoms with Crippen molar-refractivity contribution >= 4 is 27.5 Å². The Balaban J connectivity index is 2.24. The number of nitrogens with zero attached hydrogens (tertiary/aromatic N) is 2. The second kappa shape index (κ2) is 6.03. The molecule has 4 nitrogen and oxygen atoms in total. The van der Waals surface area contributed by atoms with Crippen LogP contribution in [0.2, 0.25) is 0 Å². The second-order valence-electron chi connectivity index (χ2n) is 5.00. The number of rotatable bonds is 3. The zero-order valence-electron chi connectivity index (χ0n) is 11.4. The third-order valence-electron chi connectivity index (χ3n) is 3.65. The number of anilines is 1. The van der Waals surface area contributed by atoms with E-state index >= 15 is 0 Å². The molecule has 0 bridgehead atoms. The summed E-state index contributed by atoms with van der Waals surface area (Å²) in [4.78, 5) is 16.5. The lowest BCUT2D eigenvalue weighted by Gasteiger charge is -2.38. The summed E-state index contributed by atoms with van der Waals surface area (Å²) in [6.07, 6.45) is 0.710. The maximum atomic E-state index is 12.5. The predicted octanol–water partition coefficient (Wildman–Crippen LogP) is 1.75. The minimum Gasteiger partial charge on any atom is -0.330 e. The fourth-order valence-electron chi connectivity index (χ4n) is 2.45. The van der Waals surface area contributed by atoms with E-state index < -0.39 is 0 Å². The molecule has 5 heteroatoms. The van der Waals surface area contributed by atoms with E-state index in [1.54, 1.807) is 0 Å². The highest BCUT2D eigenvalue weighted by molar-refractivity contribution is 9.10. The van der Waals surface area contributed by atoms with Crippen LogP contribution in [-0.2, 0) is 4.79 Å². The van der Waals surface area contributed by atoms with Gasteiger partial charge in [0.25, 0.3) is 0 Å². The molecule has 0 aliphatic carbocycles. The number of aryl methyl sites for hydroxylation is 1. The molecule has 0 aromatic heterocycles. The smallest absolute Gasteiger partial charge is 0.244 e. The lowest BCUT2D eigenvalue weighted by atomic mass is 10.1. The van der Waals surface area contributed by atoms with Gasteiger partial charge in [0.2, 0.25) is 5.91 Å². The zero-order chi connectivity index (χ0) is 14.0. The van der Waals surface area contributed by atoms with Gasteiger partial charge in [0.1, 0.15) is 0 Å². The molecule has 2 rings (SSSR count). The number of hydrogen-bond donors (Lipinski definition) is 1. The van der Waals surface area contributed by atoms with Gasteiger partial charge in [-0.25, -0.2) is 0 Å². The summed E-state index contributed by atoms with van der Waals surface area (Å²) >= 11 is 3.49. The first-order valence-electron chi connectivity index (χ1n) is 6.52. The number of carbonyl (C=O) groups is 1. The van der Waals surface area contributed by atoms with Crippen molar-refractivity contribution in [3.05, 3.63) is 28.2 Å². The van der Waals surface area contributed by atoms with Crippen LogP contribution in [0.1, 0.15) is 12.0 Å². The van der Waals surface area contributed by atoms with Crippen molar-refractivity contribution in [1.29, 1.82) is 0 Å². The van der Waals surface area contributed by atoms with Crippen LogP contribution >= 0.6 is 15.9 Å². The number of nitrogens with two attached hydrogens (primary N) is 1. The Morgan fingerprint density at radius 2 is 2.16 bits per heavy atom. The Bertz CT molecular complexity index is 478. The van der Waals surface area contributed by atoms with E-state index in [4.69, 9.17) is 5.73 Å². The quantitative estimate of drug-likeness (QED) is 0.921. The standard InChI is InChI=1S/C14H20BrN3O/c1-10-9-11(3-4-12(10)15)18-8-7-17(2)13(5-6-16)14(18)19/h3-4,9,13H,5-8,16H2,1-2H3. The maximum Gasteiger partial charge on any atom is 0.244 e. The molecule has 0 spiro atoms. The Labute approximate surface area is 122 Å². The van der Waals surface area contributed by atoms with Crippen LogP contribution in [0.5, 0.6) is 0 Å². The van der Waals surface area contributed by atoms with E-state index in [0.717, 1.165) is 28.8 Å². The highest BCUT2D eigenvalue weighted by Gasteiger charge is 2.32. The number of halogens is 1. The molecular formula is C14H20BrN3O. The zero-order valence-corrected chi connectivity index (χ0v) is 13.0. The average molecular weight is 326 g/mol. The van der Waals surface area contributed by atoms with Crippen LogP contribution in [0.4, 0.5) is 5.69 Å². The van der Waals surface area contributed by atoms with E-state index in [-0.39, 0.29) is 11.9 Å². The number of carbonyl (C=O) groups excluding carboxylic acids is 1. The van der Waals surface area contributed by atoms with E-state index in [0.29, 0.717) is 13.0 Å². The van der Waals surface area contributed by atoms with Crippen LogP contribution in [0.3, 0.4) is 0 Å². The SMILES string of the molecule is Cc1cc(N2CCN(C)C(CCN)C2=O)ccc1Br. The Kier molecular flexibility index (Phi) is 4.60. The Morgan fingerprint density at radius 1 is 1.42 bits per heavy atom. The highest BCUT2D eigenvalue weighted by atomic mass is 79.9. The summed E-state index contributed by atoms with van der Waals surface area (Å²) in [5, 5.41) is 0. The van der Waals surface area contributed by atoms with E-state index in [9.17, 15) is 4.79 Å². The fourth-order valence-corrected chi connectivity index (χ4v) is 2.69. The van der Waals surface area contributed by atoms with Gasteiger partial charge in [-0.1, -0.05) is 15.9 Å². The minimum absolute atomic E-state index is 0.0947. The molecule has 1 aliphatic heterocycles. The van der Waals surface area contributed by atoms with Gasteiger partial charge in [0.05, 0.1) is 6.04 Å². The predicted molar refractivity (Wildman–Crippen MR) is 81.3 cm³/mol. The van der Waals surface area contributed by atoms with Crippen molar-refractivity contribution in [2.75, 3.05) is 31.6 Å².